The molecule has 5 nitrogen and oxygen atoms in total. The van der Waals surface area contributed by atoms with E-state index in [1.807, 2.05) is 41.4 Å². The topological polar surface area (TPSA) is 54.5 Å². The van der Waals surface area contributed by atoms with Gasteiger partial charge in [-0.05, 0) is 42.3 Å². The summed E-state index contributed by atoms with van der Waals surface area (Å²) in [6.07, 6.45) is 3.05. The number of nitrogens with one attached hydrogen (secondary N) is 1. The van der Waals surface area contributed by atoms with Gasteiger partial charge in [0, 0.05) is 44.1 Å². The van der Waals surface area contributed by atoms with Crippen LogP contribution in [0.3, 0.4) is 0 Å². The molecular formula is C26H31N3O2. The Balaban J connectivity index is 1.66. The Morgan fingerprint density at radius 2 is 1.74 bits per heavy atom. The summed E-state index contributed by atoms with van der Waals surface area (Å²) in [6, 6.07) is 21.8. The molecule has 2 aromatic carbocycles. The van der Waals surface area contributed by atoms with E-state index in [-0.39, 0.29) is 5.91 Å². The van der Waals surface area contributed by atoms with Gasteiger partial charge in [0.1, 0.15) is 0 Å². The van der Waals surface area contributed by atoms with Crippen molar-refractivity contribution < 1.29 is 9.53 Å². The maximum Gasteiger partial charge on any atom is 0.254 e. The molecule has 0 saturated carbocycles. The molecule has 0 aliphatic heterocycles. The zero-order valence-corrected chi connectivity index (χ0v) is 18.4. The Kier molecular flexibility index (Phi) is 8.76. The third-order valence-electron chi connectivity index (χ3n) is 5.08. The Labute approximate surface area is 185 Å². The van der Waals surface area contributed by atoms with E-state index in [9.17, 15) is 4.79 Å². The van der Waals surface area contributed by atoms with Crippen molar-refractivity contribution in [3.8, 4) is 11.3 Å². The fraction of sp³-hybridized carbons (Fsp3) is 0.308. The molecule has 0 bridgehead atoms. The van der Waals surface area contributed by atoms with Gasteiger partial charge < -0.3 is 15.0 Å². The molecule has 1 N–H and O–H groups in total. The van der Waals surface area contributed by atoms with E-state index in [1.165, 1.54) is 5.56 Å². The van der Waals surface area contributed by atoms with Crippen molar-refractivity contribution in [2.24, 2.45) is 0 Å². The molecule has 31 heavy (non-hydrogen) atoms. The van der Waals surface area contributed by atoms with E-state index in [4.69, 9.17) is 4.74 Å². The largest absolute Gasteiger partial charge is 0.383 e. The maximum atomic E-state index is 12.9. The van der Waals surface area contributed by atoms with Gasteiger partial charge in [-0.25, -0.2) is 0 Å². The summed E-state index contributed by atoms with van der Waals surface area (Å²) in [5, 5.41) is 3.39. The van der Waals surface area contributed by atoms with Crippen LogP contribution in [0.15, 0.2) is 72.9 Å². The molecule has 1 aromatic heterocycles. The van der Waals surface area contributed by atoms with E-state index in [0.29, 0.717) is 25.3 Å². The molecule has 5 heteroatoms. The first kappa shape index (κ1) is 22.7. The minimum Gasteiger partial charge on any atom is -0.383 e. The number of benzene rings is 2. The number of carbonyl (C=O) groups excluding carboxylic acids is 1. The number of ether oxygens (including phenoxy) is 1. The predicted octanol–water partition coefficient (Wildman–Crippen LogP) is 4.54. The number of pyridine rings is 1. The number of hydrogen-bond acceptors (Lipinski definition) is 4. The van der Waals surface area contributed by atoms with Crippen LogP contribution in [0.25, 0.3) is 11.3 Å². The Morgan fingerprint density at radius 1 is 1.00 bits per heavy atom. The van der Waals surface area contributed by atoms with Crippen LogP contribution in [0.5, 0.6) is 0 Å². The fourth-order valence-electron chi connectivity index (χ4n) is 3.33. The number of aromatic nitrogens is 1. The third-order valence-corrected chi connectivity index (χ3v) is 5.08. The number of methoxy groups -OCH3 is 1. The van der Waals surface area contributed by atoms with Gasteiger partial charge in [-0.1, -0.05) is 55.5 Å². The van der Waals surface area contributed by atoms with Crippen molar-refractivity contribution in [2.75, 3.05) is 26.8 Å². The molecule has 0 spiro atoms. The standard InChI is InChI=1S/C26H31N3O2/c1-3-15-27-18-22-11-14-25(28-19-22)23-12-9-21(10-13-23)20-29(16-17-31-2)26(30)24-7-5-4-6-8-24/h4-14,19,27H,3,15-18,20H2,1-2H3. The average Bonchev–Trinajstić information content (AvgIpc) is 2.83. The quantitative estimate of drug-likeness (QED) is 0.466. The van der Waals surface area contributed by atoms with Gasteiger partial charge in [-0.2, -0.15) is 0 Å². The van der Waals surface area contributed by atoms with Crippen molar-refractivity contribution in [1.29, 1.82) is 0 Å². The predicted molar refractivity (Wildman–Crippen MR) is 125 cm³/mol. The highest BCUT2D eigenvalue weighted by atomic mass is 16.5. The second-order valence-corrected chi connectivity index (χ2v) is 7.51. The summed E-state index contributed by atoms with van der Waals surface area (Å²) in [5.74, 6) is 0.00987. The normalized spacial score (nSPS) is 10.8. The third kappa shape index (κ3) is 6.74. The van der Waals surface area contributed by atoms with Crippen LogP contribution in [0.4, 0.5) is 0 Å². The maximum absolute atomic E-state index is 12.9. The van der Waals surface area contributed by atoms with Crippen LogP contribution in [0.2, 0.25) is 0 Å². The number of nitrogens with zero attached hydrogens (tertiary/aromatic N) is 2. The second kappa shape index (κ2) is 12.0. The average molecular weight is 418 g/mol. The molecule has 3 aromatic rings. The Morgan fingerprint density at radius 3 is 2.39 bits per heavy atom. The summed E-state index contributed by atoms with van der Waals surface area (Å²) in [4.78, 5) is 19.4. The van der Waals surface area contributed by atoms with Crippen LogP contribution >= 0.6 is 0 Å². The van der Waals surface area contributed by atoms with E-state index in [0.717, 1.165) is 36.3 Å². The summed E-state index contributed by atoms with van der Waals surface area (Å²) in [5.41, 5.74) is 4.96. The fourth-order valence-corrected chi connectivity index (χ4v) is 3.33. The summed E-state index contributed by atoms with van der Waals surface area (Å²) >= 11 is 0. The molecule has 0 atom stereocenters. The van der Waals surface area contributed by atoms with Gasteiger partial charge in [0.2, 0.25) is 0 Å². The van der Waals surface area contributed by atoms with Crippen molar-refractivity contribution in [2.45, 2.75) is 26.4 Å². The first-order valence-electron chi connectivity index (χ1n) is 10.8. The Hall–Kier alpha value is -3.02. The molecule has 0 aliphatic rings. The molecule has 162 valence electrons. The number of rotatable bonds is 11. The molecule has 3 rings (SSSR count). The van der Waals surface area contributed by atoms with Crippen molar-refractivity contribution in [3.63, 3.8) is 0 Å². The first-order chi connectivity index (χ1) is 15.2. The van der Waals surface area contributed by atoms with Gasteiger partial charge in [-0.3, -0.25) is 9.78 Å². The summed E-state index contributed by atoms with van der Waals surface area (Å²) in [6.45, 7) is 5.59. The van der Waals surface area contributed by atoms with Crippen LogP contribution < -0.4 is 5.32 Å². The van der Waals surface area contributed by atoms with Crippen LogP contribution in [-0.4, -0.2) is 42.6 Å². The molecular weight excluding hydrogens is 386 g/mol. The molecule has 0 saturated heterocycles. The van der Waals surface area contributed by atoms with Crippen LogP contribution in [0.1, 0.15) is 34.8 Å². The molecule has 1 heterocycles. The zero-order valence-electron chi connectivity index (χ0n) is 18.4. The summed E-state index contributed by atoms with van der Waals surface area (Å²) in [7, 11) is 1.65. The van der Waals surface area contributed by atoms with E-state index < -0.39 is 0 Å². The van der Waals surface area contributed by atoms with E-state index >= 15 is 0 Å². The number of amides is 1. The highest BCUT2D eigenvalue weighted by Crippen LogP contribution is 2.19. The lowest BCUT2D eigenvalue weighted by Gasteiger charge is -2.23. The van der Waals surface area contributed by atoms with Gasteiger partial charge >= 0.3 is 0 Å². The van der Waals surface area contributed by atoms with Crippen LogP contribution in [0, 0.1) is 0 Å². The zero-order chi connectivity index (χ0) is 21.9. The SMILES string of the molecule is CCCNCc1ccc(-c2ccc(CN(CCOC)C(=O)c3ccccc3)cc2)nc1. The first-order valence-corrected chi connectivity index (χ1v) is 10.8. The van der Waals surface area contributed by atoms with Gasteiger partial charge in [0.05, 0.1) is 12.3 Å². The van der Waals surface area contributed by atoms with Crippen molar-refractivity contribution in [3.05, 3.63) is 89.6 Å². The van der Waals surface area contributed by atoms with Crippen molar-refractivity contribution >= 4 is 5.91 Å². The molecule has 0 unspecified atom stereocenters. The number of hydrogen-bond donors (Lipinski definition) is 1. The Bertz CT molecular complexity index is 925. The van der Waals surface area contributed by atoms with Crippen molar-refractivity contribution in [1.82, 2.24) is 15.2 Å². The van der Waals surface area contributed by atoms with Crippen LogP contribution in [-0.2, 0) is 17.8 Å². The lowest BCUT2D eigenvalue weighted by atomic mass is 10.1. The minimum absolute atomic E-state index is 0.00987. The lowest BCUT2D eigenvalue weighted by Crippen LogP contribution is -2.33. The lowest BCUT2D eigenvalue weighted by molar-refractivity contribution is 0.0680. The van der Waals surface area contributed by atoms with Gasteiger partial charge in [0.25, 0.3) is 5.91 Å². The molecule has 0 aliphatic carbocycles. The van der Waals surface area contributed by atoms with Gasteiger partial charge in [0.15, 0.2) is 0 Å². The van der Waals surface area contributed by atoms with E-state index in [2.05, 4.69) is 53.6 Å². The second-order valence-electron chi connectivity index (χ2n) is 7.51. The van der Waals surface area contributed by atoms with E-state index in [1.54, 1.807) is 7.11 Å². The monoisotopic (exact) mass is 417 g/mol. The number of carbonyl (C=O) groups is 1. The summed E-state index contributed by atoms with van der Waals surface area (Å²) < 4.78 is 5.21. The molecule has 1 amide bonds. The highest BCUT2D eigenvalue weighted by Gasteiger charge is 2.16. The molecule has 0 fully saturated rings. The highest BCUT2D eigenvalue weighted by molar-refractivity contribution is 5.94. The minimum atomic E-state index is 0.00987. The smallest absolute Gasteiger partial charge is 0.254 e. The van der Waals surface area contributed by atoms with Gasteiger partial charge in [-0.15, -0.1) is 0 Å². The molecule has 0 radical (unpaired) electrons.